The molecule has 0 unspecified atom stereocenters. The van der Waals surface area contributed by atoms with Gasteiger partial charge in [-0.15, -0.1) is 0 Å². The summed E-state index contributed by atoms with van der Waals surface area (Å²) in [6.45, 7) is 3.98. The Kier molecular flexibility index (Phi) is 5.02. The van der Waals surface area contributed by atoms with E-state index in [0.29, 0.717) is 0 Å². The van der Waals surface area contributed by atoms with Crippen molar-refractivity contribution in [2.24, 2.45) is 5.73 Å². The second-order valence-corrected chi connectivity index (χ2v) is 4.67. The third-order valence-electron chi connectivity index (χ3n) is 3.14. The van der Waals surface area contributed by atoms with E-state index in [1.54, 1.807) is 11.9 Å². The van der Waals surface area contributed by atoms with Crippen LogP contribution in [0.5, 0.6) is 0 Å². The summed E-state index contributed by atoms with van der Waals surface area (Å²) in [6, 6.07) is 2.46. The van der Waals surface area contributed by atoms with Crippen LogP contribution in [0.3, 0.4) is 0 Å². The van der Waals surface area contributed by atoms with Gasteiger partial charge < -0.3 is 10.6 Å². The van der Waals surface area contributed by atoms with Crippen LogP contribution in [0.15, 0.2) is 12.1 Å². The fourth-order valence-corrected chi connectivity index (χ4v) is 2.18. The lowest BCUT2D eigenvalue weighted by Crippen LogP contribution is -2.32. The van der Waals surface area contributed by atoms with Crippen LogP contribution >= 0.6 is 12.2 Å². The first-order valence-electron chi connectivity index (χ1n) is 5.94. The van der Waals surface area contributed by atoms with Crippen LogP contribution in [0.2, 0.25) is 0 Å². The number of rotatable bonds is 5. The highest BCUT2D eigenvalue weighted by molar-refractivity contribution is 7.80. The van der Waals surface area contributed by atoms with Gasteiger partial charge in [-0.25, -0.2) is 8.78 Å². The molecule has 0 amide bonds. The highest BCUT2D eigenvalue weighted by Crippen LogP contribution is 2.27. The summed E-state index contributed by atoms with van der Waals surface area (Å²) >= 11 is 4.72. The molecule has 0 saturated carbocycles. The molecule has 0 aliphatic rings. The highest BCUT2D eigenvalue weighted by atomic mass is 32.1. The Bertz CT molecular complexity index is 422. The van der Waals surface area contributed by atoms with E-state index < -0.39 is 11.6 Å². The SMILES string of the molecule is CCC(CC)N(C)c1c(F)cc(C(N)=S)cc1F. The van der Waals surface area contributed by atoms with E-state index in [4.69, 9.17) is 18.0 Å². The quantitative estimate of drug-likeness (QED) is 0.834. The van der Waals surface area contributed by atoms with Gasteiger partial charge in [0.15, 0.2) is 0 Å². The third kappa shape index (κ3) is 2.96. The van der Waals surface area contributed by atoms with Crippen LogP contribution in [0.1, 0.15) is 32.3 Å². The molecule has 18 heavy (non-hydrogen) atoms. The fraction of sp³-hybridized carbons (Fsp3) is 0.462. The highest BCUT2D eigenvalue weighted by Gasteiger charge is 2.20. The Morgan fingerprint density at radius 1 is 1.28 bits per heavy atom. The van der Waals surface area contributed by atoms with Crippen LogP contribution < -0.4 is 10.6 Å². The minimum Gasteiger partial charge on any atom is -0.389 e. The molecule has 0 radical (unpaired) electrons. The van der Waals surface area contributed by atoms with Gasteiger partial charge in [0, 0.05) is 18.7 Å². The number of nitrogens with two attached hydrogens (primary N) is 1. The molecule has 0 aliphatic heterocycles. The molecule has 5 heteroatoms. The van der Waals surface area contributed by atoms with E-state index in [1.807, 2.05) is 13.8 Å². The van der Waals surface area contributed by atoms with Crippen molar-refractivity contribution in [3.63, 3.8) is 0 Å². The standard InChI is InChI=1S/C13H18F2N2S/c1-4-9(5-2)17(3)12-10(14)6-8(13(16)18)7-11(12)15/h6-7,9H,4-5H2,1-3H3,(H2,16,18). The summed E-state index contributed by atoms with van der Waals surface area (Å²) in [6.07, 6.45) is 1.64. The van der Waals surface area contributed by atoms with E-state index in [1.165, 1.54) is 12.1 Å². The monoisotopic (exact) mass is 272 g/mol. The van der Waals surface area contributed by atoms with Crippen LogP contribution in [-0.4, -0.2) is 18.1 Å². The molecule has 0 aromatic heterocycles. The summed E-state index contributed by atoms with van der Waals surface area (Å²) in [5.41, 5.74) is 5.56. The first-order valence-corrected chi connectivity index (χ1v) is 6.34. The van der Waals surface area contributed by atoms with E-state index >= 15 is 0 Å². The van der Waals surface area contributed by atoms with Crippen LogP contribution in [0.4, 0.5) is 14.5 Å². The molecule has 2 nitrogen and oxygen atoms in total. The van der Waals surface area contributed by atoms with E-state index in [-0.39, 0.29) is 22.3 Å². The summed E-state index contributed by atoms with van der Waals surface area (Å²) < 4.78 is 27.9. The van der Waals surface area contributed by atoms with Crippen molar-refractivity contribution in [3.05, 3.63) is 29.3 Å². The van der Waals surface area contributed by atoms with Gasteiger partial charge in [-0.3, -0.25) is 0 Å². The predicted molar refractivity (Wildman–Crippen MR) is 75.0 cm³/mol. The van der Waals surface area contributed by atoms with Crippen molar-refractivity contribution in [2.75, 3.05) is 11.9 Å². The molecule has 100 valence electrons. The average molecular weight is 272 g/mol. The van der Waals surface area contributed by atoms with Gasteiger partial charge in [0.1, 0.15) is 22.3 Å². The number of hydrogen-bond acceptors (Lipinski definition) is 2. The molecule has 0 fully saturated rings. The van der Waals surface area contributed by atoms with Crippen molar-refractivity contribution in [2.45, 2.75) is 32.7 Å². The number of thiocarbonyl (C=S) groups is 1. The first kappa shape index (κ1) is 14.8. The maximum absolute atomic E-state index is 14.0. The summed E-state index contributed by atoms with van der Waals surface area (Å²) in [4.78, 5) is 1.62. The topological polar surface area (TPSA) is 29.3 Å². The Morgan fingerprint density at radius 3 is 2.06 bits per heavy atom. The Balaban J connectivity index is 3.21. The fourth-order valence-electron chi connectivity index (χ4n) is 2.06. The third-order valence-corrected chi connectivity index (χ3v) is 3.38. The molecule has 1 rings (SSSR count). The van der Waals surface area contributed by atoms with Crippen molar-refractivity contribution >= 4 is 22.9 Å². The minimum absolute atomic E-state index is 0.00969. The maximum Gasteiger partial charge on any atom is 0.150 e. The lowest BCUT2D eigenvalue weighted by Gasteiger charge is -2.29. The summed E-state index contributed by atoms with van der Waals surface area (Å²) in [5.74, 6) is -1.26. The lowest BCUT2D eigenvalue weighted by atomic mass is 10.1. The summed E-state index contributed by atoms with van der Waals surface area (Å²) in [5, 5.41) is 0. The molecule has 2 N–H and O–H groups in total. The second kappa shape index (κ2) is 6.09. The number of benzene rings is 1. The molecule has 0 atom stereocenters. The first-order chi connectivity index (χ1) is 8.42. The molecule has 1 aromatic rings. The van der Waals surface area contributed by atoms with Gasteiger partial charge in [0.25, 0.3) is 0 Å². The molecule has 0 heterocycles. The summed E-state index contributed by atoms with van der Waals surface area (Å²) in [7, 11) is 1.69. The zero-order valence-corrected chi connectivity index (χ0v) is 11.7. The Labute approximate surface area is 112 Å². The Hall–Kier alpha value is -1.23. The molecule has 0 saturated heterocycles. The zero-order valence-electron chi connectivity index (χ0n) is 10.8. The largest absolute Gasteiger partial charge is 0.389 e. The van der Waals surface area contributed by atoms with Crippen molar-refractivity contribution in [1.82, 2.24) is 0 Å². The van der Waals surface area contributed by atoms with E-state index in [9.17, 15) is 8.78 Å². The molecular formula is C13H18F2N2S. The smallest absolute Gasteiger partial charge is 0.150 e. The van der Waals surface area contributed by atoms with E-state index in [2.05, 4.69) is 0 Å². The molecule has 1 aromatic carbocycles. The number of hydrogen-bond donors (Lipinski definition) is 1. The maximum atomic E-state index is 14.0. The molecule has 0 aliphatic carbocycles. The predicted octanol–water partition coefficient (Wildman–Crippen LogP) is 3.22. The van der Waals surface area contributed by atoms with Crippen LogP contribution in [-0.2, 0) is 0 Å². The van der Waals surface area contributed by atoms with Gasteiger partial charge in [-0.2, -0.15) is 0 Å². The van der Waals surface area contributed by atoms with E-state index in [0.717, 1.165) is 12.8 Å². The minimum atomic E-state index is -0.632. The lowest BCUT2D eigenvalue weighted by molar-refractivity contribution is 0.536. The van der Waals surface area contributed by atoms with Gasteiger partial charge in [0.2, 0.25) is 0 Å². The number of anilines is 1. The van der Waals surface area contributed by atoms with Gasteiger partial charge in [-0.05, 0) is 25.0 Å². The normalized spacial score (nSPS) is 10.8. The van der Waals surface area contributed by atoms with Gasteiger partial charge in [-0.1, -0.05) is 26.1 Å². The Morgan fingerprint density at radius 2 is 1.72 bits per heavy atom. The average Bonchev–Trinajstić information content (AvgIpc) is 2.29. The van der Waals surface area contributed by atoms with Crippen molar-refractivity contribution < 1.29 is 8.78 Å². The molecule has 0 bridgehead atoms. The van der Waals surface area contributed by atoms with Crippen LogP contribution in [0.25, 0.3) is 0 Å². The van der Waals surface area contributed by atoms with Crippen LogP contribution in [0, 0.1) is 11.6 Å². The second-order valence-electron chi connectivity index (χ2n) is 4.23. The van der Waals surface area contributed by atoms with Gasteiger partial charge >= 0.3 is 0 Å². The molecule has 0 spiro atoms. The van der Waals surface area contributed by atoms with Gasteiger partial charge in [0.05, 0.1) is 0 Å². The number of halogens is 2. The molecular weight excluding hydrogens is 254 g/mol. The zero-order chi connectivity index (χ0) is 13.9. The van der Waals surface area contributed by atoms with Crippen molar-refractivity contribution in [1.29, 1.82) is 0 Å². The van der Waals surface area contributed by atoms with Crippen molar-refractivity contribution in [3.8, 4) is 0 Å². The number of nitrogens with zero attached hydrogens (tertiary/aromatic N) is 1.